The van der Waals surface area contributed by atoms with Gasteiger partial charge in [-0.15, -0.1) is 22.7 Å². The minimum Gasteiger partial charge on any atom is -0.392 e. The molecule has 0 saturated carbocycles. The number of hydrogen-bond acceptors (Lipinski definition) is 8. The molecule has 0 amide bonds. The number of thiophene rings is 2. The lowest BCUT2D eigenvalue weighted by molar-refractivity contribution is -0.0424. The molecule has 2 aromatic rings. The summed E-state index contributed by atoms with van der Waals surface area (Å²) >= 11 is 3.00. The molecule has 2 aliphatic rings. The van der Waals surface area contributed by atoms with Gasteiger partial charge in [0.05, 0.1) is 49.4 Å². The third-order valence-electron chi connectivity index (χ3n) is 4.05. The molecule has 4 heterocycles. The summed E-state index contributed by atoms with van der Waals surface area (Å²) in [6, 6.07) is 0. The first-order chi connectivity index (χ1) is 11.8. The van der Waals surface area contributed by atoms with Gasteiger partial charge in [0.25, 0.3) is 0 Å². The quantitative estimate of drug-likeness (QED) is 0.842. The fourth-order valence-corrected chi connectivity index (χ4v) is 5.11. The molecule has 0 aromatic carbocycles. The Kier molecular flexibility index (Phi) is 4.98. The Morgan fingerprint density at radius 2 is 1.12 bits per heavy atom. The highest BCUT2D eigenvalue weighted by Crippen LogP contribution is 2.47. The average molecular weight is 370 g/mol. The average Bonchev–Trinajstić information content (AvgIpc) is 3.40. The van der Waals surface area contributed by atoms with Crippen LogP contribution in [0.4, 0.5) is 0 Å². The van der Waals surface area contributed by atoms with Crippen molar-refractivity contribution in [1.29, 1.82) is 0 Å². The summed E-state index contributed by atoms with van der Waals surface area (Å²) in [5.41, 5.74) is 3.32. The molecule has 2 aromatic heterocycles. The molecule has 6 nitrogen and oxygen atoms in total. The molecule has 0 aliphatic carbocycles. The lowest BCUT2D eigenvalue weighted by Gasteiger charge is -2.16. The zero-order chi connectivity index (χ0) is 16.5. The van der Waals surface area contributed by atoms with E-state index in [1.165, 1.54) is 22.7 Å². The van der Waals surface area contributed by atoms with Crippen LogP contribution in [0.25, 0.3) is 11.1 Å². The maximum absolute atomic E-state index is 9.80. The summed E-state index contributed by atoms with van der Waals surface area (Å²) in [5.74, 6) is 0. The van der Waals surface area contributed by atoms with E-state index in [-0.39, 0.29) is 13.2 Å². The molecule has 0 unspecified atom stereocenters. The Hall–Kier alpha value is -0.840. The Bertz CT molecular complexity index is 637. The predicted molar refractivity (Wildman–Crippen MR) is 88.8 cm³/mol. The van der Waals surface area contributed by atoms with Crippen molar-refractivity contribution >= 4 is 22.7 Å². The molecular weight excluding hydrogens is 352 g/mol. The maximum atomic E-state index is 9.80. The number of hydrogen-bond donors (Lipinski definition) is 2. The second kappa shape index (κ2) is 7.19. The van der Waals surface area contributed by atoms with Crippen LogP contribution in [0, 0.1) is 0 Å². The van der Waals surface area contributed by atoms with Gasteiger partial charge in [0, 0.05) is 11.1 Å². The van der Waals surface area contributed by atoms with Crippen LogP contribution in [0.1, 0.15) is 33.5 Å². The third-order valence-corrected chi connectivity index (χ3v) is 6.16. The highest BCUT2D eigenvalue weighted by Gasteiger charge is 2.32. The second-order valence-electron chi connectivity index (χ2n) is 5.46. The van der Waals surface area contributed by atoms with E-state index in [0.29, 0.717) is 26.4 Å². The van der Waals surface area contributed by atoms with Gasteiger partial charge in [-0.2, -0.15) is 0 Å². The molecule has 0 radical (unpaired) electrons. The molecule has 2 N–H and O–H groups in total. The van der Waals surface area contributed by atoms with E-state index >= 15 is 0 Å². The molecule has 2 fully saturated rings. The topological polar surface area (TPSA) is 77.4 Å². The Balaban J connectivity index is 1.85. The monoisotopic (exact) mass is 370 g/mol. The van der Waals surface area contributed by atoms with E-state index in [2.05, 4.69) is 0 Å². The molecule has 8 heteroatoms. The van der Waals surface area contributed by atoms with E-state index in [0.717, 1.165) is 32.0 Å². The van der Waals surface area contributed by atoms with Gasteiger partial charge >= 0.3 is 0 Å². The van der Waals surface area contributed by atoms with Gasteiger partial charge in [-0.3, -0.25) is 0 Å². The number of rotatable bonds is 5. The number of aliphatic hydroxyl groups is 2. The normalized spacial score (nSPS) is 19.6. The van der Waals surface area contributed by atoms with Gasteiger partial charge in [-0.25, -0.2) is 0 Å². The van der Waals surface area contributed by atoms with Crippen LogP contribution >= 0.6 is 22.7 Å². The molecule has 2 saturated heterocycles. The number of ether oxygens (including phenoxy) is 4. The van der Waals surface area contributed by atoms with Crippen molar-refractivity contribution < 1.29 is 29.2 Å². The molecule has 2 aliphatic heterocycles. The van der Waals surface area contributed by atoms with E-state index in [4.69, 9.17) is 18.9 Å². The van der Waals surface area contributed by atoms with Gasteiger partial charge in [0.1, 0.15) is 0 Å². The molecule has 0 bridgehead atoms. The molecule has 24 heavy (non-hydrogen) atoms. The van der Waals surface area contributed by atoms with Crippen LogP contribution in [0.2, 0.25) is 0 Å². The van der Waals surface area contributed by atoms with Gasteiger partial charge < -0.3 is 29.2 Å². The van der Waals surface area contributed by atoms with Crippen molar-refractivity contribution in [2.75, 3.05) is 26.4 Å². The lowest BCUT2D eigenvalue weighted by atomic mass is 9.98. The summed E-state index contributed by atoms with van der Waals surface area (Å²) < 4.78 is 22.6. The highest BCUT2D eigenvalue weighted by molar-refractivity contribution is 7.11. The van der Waals surface area contributed by atoms with Gasteiger partial charge in [-0.05, 0) is 21.9 Å². The molecule has 130 valence electrons. The first-order valence-corrected chi connectivity index (χ1v) is 9.48. The van der Waals surface area contributed by atoms with Gasteiger partial charge in [0.2, 0.25) is 0 Å². The second-order valence-corrected chi connectivity index (χ2v) is 7.29. The van der Waals surface area contributed by atoms with Gasteiger partial charge in [0.15, 0.2) is 12.6 Å². The van der Waals surface area contributed by atoms with E-state index in [1.54, 1.807) is 0 Å². The zero-order valence-electron chi connectivity index (χ0n) is 12.9. The SMILES string of the molecule is OCc1csc(C2OCCO2)c1-c1c(CO)csc1C1OCCO1. The van der Waals surface area contributed by atoms with Crippen LogP contribution in [0.5, 0.6) is 0 Å². The summed E-state index contributed by atoms with van der Waals surface area (Å²) in [5, 5.41) is 23.4. The molecule has 4 rings (SSSR count). The lowest BCUT2D eigenvalue weighted by Crippen LogP contribution is -2.03. The standard InChI is InChI=1S/C16H18O6S2/c17-5-9-7-23-13(15-19-1-2-20-15)11(9)12-10(6-18)8-24-14(12)16-21-3-4-22-16/h7-8,15-18H,1-6H2. The van der Waals surface area contributed by atoms with Crippen molar-refractivity contribution in [2.24, 2.45) is 0 Å². The summed E-state index contributed by atoms with van der Waals surface area (Å²) in [7, 11) is 0. The predicted octanol–water partition coefficient (Wildman–Crippen LogP) is 2.55. The van der Waals surface area contributed by atoms with Crippen molar-refractivity contribution in [3.05, 3.63) is 31.6 Å². The fourth-order valence-electron chi connectivity index (χ4n) is 2.99. The first kappa shape index (κ1) is 16.6. The molecule has 0 spiro atoms. The van der Waals surface area contributed by atoms with Crippen molar-refractivity contribution in [1.82, 2.24) is 0 Å². The number of aliphatic hydroxyl groups excluding tert-OH is 2. The molecular formula is C16H18O6S2. The highest BCUT2D eigenvalue weighted by atomic mass is 32.1. The zero-order valence-corrected chi connectivity index (χ0v) is 14.5. The summed E-state index contributed by atoms with van der Waals surface area (Å²) in [6.07, 6.45) is -0.870. The van der Waals surface area contributed by atoms with Crippen molar-refractivity contribution in [2.45, 2.75) is 25.8 Å². The first-order valence-electron chi connectivity index (χ1n) is 7.72. The van der Waals surface area contributed by atoms with Crippen LogP contribution in [0.3, 0.4) is 0 Å². The van der Waals surface area contributed by atoms with E-state index in [1.807, 2.05) is 10.8 Å². The van der Waals surface area contributed by atoms with Crippen molar-refractivity contribution in [3.8, 4) is 11.1 Å². The smallest absolute Gasteiger partial charge is 0.193 e. The Labute approximate surface area is 147 Å². The summed E-state index contributed by atoms with van der Waals surface area (Å²) in [6.45, 7) is 2.02. The van der Waals surface area contributed by atoms with E-state index < -0.39 is 12.6 Å². The van der Waals surface area contributed by atoms with Crippen LogP contribution in [-0.2, 0) is 32.2 Å². The Morgan fingerprint density at radius 3 is 1.46 bits per heavy atom. The third kappa shape index (κ3) is 2.83. The minimum atomic E-state index is -0.435. The minimum absolute atomic E-state index is 0.0922. The molecule has 0 atom stereocenters. The largest absolute Gasteiger partial charge is 0.392 e. The van der Waals surface area contributed by atoms with Crippen LogP contribution in [-0.4, -0.2) is 36.6 Å². The summed E-state index contributed by atoms with van der Waals surface area (Å²) in [4.78, 5) is 1.81. The van der Waals surface area contributed by atoms with Gasteiger partial charge in [-0.1, -0.05) is 0 Å². The van der Waals surface area contributed by atoms with Crippen LogP contribution < -0.4 is 0 Å². The maximum Gasteiger partial charge on any atom is 0.193 e. The fraction of sp³-hybridized carbons (Fsp3) is 0.500. The van der Waals surface area contributed by atoms with E-state index in [9.17, 15) is 10.2 Å². The Morgan fingerprint density at radius 1 is 0.750 bits per heavy atom. The van der Waals surface area contributed by atoms with Crippen molar-refractivity contribution in [3.63, 3.8) is 0 Å². The van der Waals surface area contributed by atoms with Crippen LogP contribution in [0.15, 0.2) is 10.8 Å².